The molecule has 0 aliphatic carbocycles. The molecule has 0 saturated carbocycles. The summed E-state index contributed by atoms with van der Waals surface area (Å²) in [5, 5.41) is 2.84. The summed E-state index contributed by atoms with van der Waals surface area (Å²) < 4.78 is 8.05. The van der Waals surface area contributed by atoms with Gasteiger partial charge in [-0.15, -0.1) is 0 Å². The van der Waals surface area contributed by atoms with Crippen LogP contribution in [0.15, 0.2) is 58.1 Å². The number of aromatic nitrogens is 2. The lowest BCUT2D eigenvalue weighted by atomic mass is 10.3. The summed E-state index contributed by atoms with van der Waals surface area (Å²) in [7, 11) is 0. The molecule has 118 valence electrons. The van der Waals surface area contributed by atoms with Crippen molar-refractivity contribution < 1.29 is 9.21 Å². The highest BCUT2D eigenvalue weighted by atomic mass is 79.9. The minimum atomic E-state index is -0.220. The Morgan fingerprint density at radius 2 is 2.13 bits per heavy atom. The molecule has 3 aromatic rings. The monoisotopic (exact) mass is 373 g/mol. The van der Waals surface area contributed by atoms with Crippen molar-refractivity contribution in [3.8, 4) is 0 Å². The minimum absolute atomic E-state index is 0.220. The van der Waals surface area contributed by atoms with Crippen LogP contribution in [0, 0.1) is 0 Å². The zero-order valence-corrected chi connectivity index (χ0v) is 14.0. The normalized spacial score (nSPS) is 10.8. The van der Waals surface area contributed by atoms with Gasteiger partial charge in [0.05, 0.1) is 23.8 Å². The first-order valence-corrected chi connectivity index (χ1v) is 8.03. The number of hydrogen-bond donors (Lipinski definition) is 1. The number of fused-ring (bicyclic) bond motifs is 1. The summed E-state index contributed by atoms with van der Waals surface area (Å²) in [6.45, 7) is 5.03. The predicted molar refractivity (Wildman–Crippen MR) is 92.5 cm³/mol. The third-order valence-corrected chi connectivity index (χ3v) is 3.69. The fourth-order valence-corrected chi connectivity index (χ4v) is 2.70. The fraction of sp³-hybridized carbons (Fsp3) is 0.176. The Labute approximate surface area is 142 Å². The first-order valence-electron chi connectivity index (χ1n) is 7.24. The number of hydrogen-bond acceptors (Lipinski definition) is 3. The van der Waals surface area contributed by atoms with Gasteiger partial charge in [0.1, 0.15) is 5.82 Å². The van der Waals surface area contributed by atoms with Gasteiger partial charge < -0.3 is 14.3 Å². The Morgan fingerprint density at radius 1 is 1.30 bits per heavy atom. The van der Waals surface area contributed by atoms with E-state index >= 15 is 0 Å². The molecule has 0 bridgehead atoms. The maximum absolute atomic E-state index is 11.9. The first-order chi connectivity index (χ1) is 11.1. The zero-order valence-electron chi connectivity index (χ0n) is 12.5. The number of nitrogens with zero attached hydrogens (tertiary/aromatic N) is 2. The molecule has 2 heterocycles. The van der Waals surface area contributed by atoms with Crippen LogP contribution in [-0.2, 0) is 13.0 Å². The van der Waals surface area contributed by atoms with E-state index in [-0.39, 0.29) is 5.91 Å². The molecule has 6 heteroatoms. The van der Waals surface area contributed by atoms with Gasteiger partial charge in [0.2, 0.25) is 0 Å². The smallest absolute Gasteiger partial charge is 0.286 e. The van der Waals surface area contributed by atoms with Crippen LogP contribution in [0.3, 0.4) is 0 Å². The molecule has 0 unspecified atom stereocenters. The Bertz CT molecular complexity index is 837. The van der Waals surface area contributed by atoms with Crippen molar-refractivity contribution in [3.05, 3.63) is 65.3 Å². The molecule has 1 amide bonds. The van der Waals surface area contributed by atoms with Crippen LogP contribution in [0.5, 0.6) is 0 Å². The molecule has 23 heavy (non-hydrogen) atoms. The highest BCUT2D eigenvalue weighted by molar-refractivity contribution is 9.11. The average molecular weight is 374 g/mol. The summed E-state index contributed by atoms with van der Waals surface area (Å²) in [5.74, 6) is 1.00. The lowest BCUT2D eigenvalue weighted by molar-refractivity contribution is 0.0926. The van der Waals surface area contributed by atoms with Gasteiger partial charge in [-0.05, 0) is 24.3 Å². The molecule has 0 radical (unpaired) electrons. The van der Waals surface area contributed by atoms with Gasteiger partial charge >= 0.3 is 0 Å². The molecule has 0 atom stereocenters. The van der Waals surface area contributed by atoms with Crippen molar-refractivity contribution in [1.29, 1.82) is 0 Å². The average Bonchev–Trinajstić information content (AvgIpc) is 3.16. The molecular weight excluding hydrogens is 358 g/mol. The maximum Gasteiger partial charge on any atom is 0.286 e. The third kappa shape index (κ3) is 3.53. The van der Waals surface area contributed by atoms with Gasteiger partial charge in [0, 0.05) is 17.4 Å². The molecule has 1 N–H and O–H groups in total. The lowest BCUT2D eigenvalue weighted by Crippen LogP contribution is -2.26. The van der Waals surface area contributed by atoms with Crippen molar-refractivity contribution in [2.45, 2.75) is 13.0 Å². The highest BCUT2D eigenvalue weighted by Crippen LogP contribution is 2.19. The number of carbonyl (C=O) groups excluding carboxylic acids is 1. The van der Waals surface area contributed by atoms with Crippen molar-refractivity contribution in [2.75, 3.05) is 6.54 Å². The number of carbonyl (C=O) groups is 1. The van der Waals surface area contributed by atoms with Crippen molar-refractivity contribution in [2.24, 2.45) is 0 Å². The number of nitrogens with one attached hydrogen (secondary N) is 1. The second kappa shape index (κ2) is 6.83. The second-order valence-corrected chi connectivity index (χ2v) is 6.22. The fourth-order valence-electron chi connectivity index (χ4n) is 2.45. The Morgan fingerprint density at radius 3 is 2.87 bits per heavy atom. The minimum Gasteiger partial charge on any atom is -0.459 e. The summed E-state index contributed by atoms with van der Waals surface area (Å²) in [6.07, 6.45) is 2.11. The molecule has 0 spiro atoms. The Hall–Kier alpha value is -2.34. The summed E-state index contributed by atoms with van der Waals surface area (Å²) in [6, 6.07) is 11.3. The summed E-state index contributed by atoms with van der Waals surface area (Å²) in [5.41, 5.74) is 1.99. The molecule has 0 aliphatic heterocycles. The van der Waals surface area contributed by atoms with E-state index in [9.17, 15) is 4.79 Å². The number of para-hydroxylation sites is 2. The van der Waals surface area contributed by atoms with E-state index in [0.717, 1.165) is 21.3 Å². The first kappa shape index (κ1) is 15.6. The Balaban J connectivity index is 1.74. The highest BCUT2D eigenvalue weighted by Gasteiger charge is 2.12. The van der Waals surface area contributed by atoms with Gasteiger partial charge in [-0.2, -0.15) is 0 Å². The van der Waals surface area contributed by atoms with Gasteiger partial charge in [-0.1, -0.05) is 34.6 Å². The van der Waals surface area contributed by atoms with Gasteiger partial charge in [0.25, 0.3) is 5.91 Å². The van der Waals surface area contributed by atoms with Crippen LogP contribution < -0.4 is 5.32 Å². The van der Waals surface area contributed by atoms with Crippen LogP contribution in [0.2, 0.25) is 0 Å². The van der Waals surface area contributed by atoms with Crippen molar-refractivity contribution >= 4 is 32.9 Å². The largest absolute Gasteiger partial charge is 0.459 e. The second-order valence-electron chi connectivity index (χ2n) is 5.10. The van der Waals surface area contributed by atoms with Gasteiger partial charge in [-0.3, -0.25) is 4.79 Å². The predicted octanol–water partition coefficient (Wildman–Crippen LogP) is 3.51. The van der Waals surface area contributed by atoms with Crippen molar-refractivity contribution in [3.63, 3.8) is 0 Å². The molecular formula is C17H16BrN3O2. The number of rotatable bonds is 6. The molecule has 5 nitrogen and oxygen atoms in total. The number of benzene rings is 1. The van der Waals surface area contributed by atoms with E-state index in [4.69, 9.17) is 4.42 Å². The van der Waals surface area contributed by atoms with Crippen LogP contribution >= 0.6 is 15.9 Å². The van der Waals surface area contributed by atoms with Crippen molar-refractivity contribution in [1.82, 2.24) is 14.9 Å². The summed E-state index contributed by atoms with van der Waals surface area (Å²) >= 11 is 3.41. The van der Waals surface area contributed by atoms with E-state index < -0.39 is 0 Å². The number of halogens is 1. The molecule has 0 aliphatic rings. The molecule has 1 aromatic carbocycles. The van der Waals surface area contributed by atoms with E-state index in [1.54, 1.807) is 12.1 Å². The standard InChI is InChI=1S/C17H16BrN3O2/c1-12(18)11-21-14-6-3-2-5-13(14)20-16(21)8-9-19-17(22)15-7-4-10-23-15/h2-7,10H,1,8-9,11H2,(H,19,22). The van der Waals surface area contributed by atoms with E-state index in [1.165, 1.54) is 6.26 Å². The Kier molecular flexibility index (Phi) is 4.62. The topological polar surface area (TPSA) is 60.1 Å². The quantitative estimate of drug-likeness (QED) is 0.718. The number of allylic oxidation sites excluding steroid dienone is 1. The van der Waals surface area contributed by atoms with Crippen LogP contribution in [0.1, 0.15) is 16.4 Å². The summed E-state index contributed by atoms with van der Waals surface area (Å²) in [4.78, 5) is 16.5. The van der Waals surface area contributed by atoms with E-state index in [2.05, 4.69) is 37.4 Å². The lowest BCUT2D eigenvalue weighted by Gasteiger charge is -2.08. The van der Waals surface area contributed by atoms with E-state index in [0.29, 0.717) is 25.3 Å². The third-order valence-electron chi connectivity index (χ3n) is 3.44. The number of imidazole rings is 1. The maximum atomic E-state index is 11.9. The molecule has 3 rings (SSSR count). The zero-order chi connectivity index (χ0) is 16.2. The SMILES string of the molecule is C=C(Br)Cn1c(CCNC(=O)c2ccco2)nc2ccccc21. The molecule has 0 saturated heterocycles. The van der Waals surface area contributed by atoms with Crippen LogP contribution in [0.4, 0.5) is 0 Å². The van der Waals surface area contributed by atoms with Gasteiger partial charge in [0.15, 0.2) is 5.76 Å². The van der Waals surface area contributed by atoms with Gasteiger partial charge in [-0.25, -0.2) is 4.98 Å². The number of amides is 1. The number of furan rings is 1. The molecule has 0 fully saturated rings. The van der Waals surface area contributed by atoms with E-state index in [1.807, 2.05) is 24.3 Å². The van der Waals surface area contributed by atoms with Crippen LogP contribution in [-0.4, -0.2) is 22.0 Å². The molecule has 2 aromatic heterocycles. The van der Waals surface area contributed by atoms with Crippen LogP contribution in [0.25, 0.3) is 11.0 Å².